The van der Waals surface area contributed by atoms with E-state index in [2.05, 4.69) is 21.7 Å². The van der Waals surface area contributed by atoms with E-state index in [0.29, 0.717) is 23.0 Å². The van der Waals surface area contributed by atoms with Gasteiger partial charge in [-0.25, -0.2) is 10.1 Å². The molecule has 150 valence electrons. The number of hydrazone groups is 1. The number of aryl methyl sites for hydroxylation is 1. The zero-order valence-electron chi connectivity index (χ0n) is 16.9. The Morgan fingerprint density at radius 1 is 1.00 bits per heavy atom. The molecule has 0 aliphatic carbocycles. The first-order valence-electron chi connectivity index (χ1n) is 9.92. The second-order valence-corrected chi connectivity index (χ2v) is 7.12. The normalized spacial score (nSPS) is 11.7. The highest BCUT2D eigenvalue weighted by Crippen LogP contribution is 2.16. The third-order valence-corrected chi connectivity index (χ3v) is 5.01. The molecule has 1 amide bonds. The highest BCUT2D eigenvalue weighted by atomic mass is 16.2. The van der Waals surface area contributed by atoms with Crippen LogP contribution in [0.15, 0.2) is 76.6 Å². The van der Waals surface area contributed by atoms with Gasteiger partial charge >= 0.3 is 0 Å². The van der Waals surface area contributed by atoms with Crippen molar-refractivity contribution in [2.75, 3.05) is 0 Å². The summed E-state index contributed by atoms with van der Waals surface area (Å²) in [6.45, 7) is 4.25. The molecule has 0 aliphatic heterocycles. The minimum Gasteiger partial charge on any atom is -0.267 e. The Bertz CT molecular complexity index is 1340. The molecular formula is C24H22N4O2. The number of amides is 1. The number of rotatable bonds is 5. The molecule has 3 aromatic carbocycles. The van der Waals surface area contributed by atoms with Gasteiger partial charge in [-0.1, -0.05) is 61.5 Å². The third kappa shape index (κ3) is 3.72. The first-order chi connectivity index (χ1) is 14.6. The molecule has 0 saturated carbocycles. The van der Waals surface area contributed by atoms with Gasteiger partial charge in [-0.2, -0.15) is 10.2 Å². The van der Waals surface area contributed by atoms with Crippen molar-refractivity contribution in [1.29, 1.82) is 0 Å². The molecule has 0 aliphatic rings. The van der Waals surface area contributed by atoms with Gasteiger partial charge in [0.05, 0.1) is 11.1 Å². The van der Waals surface area contributed by atoms with Crippen molar-refractivity contribution in [3.8, 4) is 0 Å². The maximum Gasteiger partial charge on any atom is 0.292 e. The van der Waals surface area contributed by atoms with Crippen molar-refractivity contribution in [2.24, 2.45) is 5.10 Å². The van der Waals surface area contributed by atoms with Gasteiger partial charge in [-0.15, -0.1) is 0 Å². The summed E-state index contributed by atoms with van der Waals surface area (Å²) in [4.78, 5) is 25.5. The SMILES string of the molecule is CCCn1nc(C(=O)N/N=C(/C)c2ccc3ccccc3c2)c2ccccc2c1=O. The van der Waals surface area contributed by atoms with Crippen molar-refractivity contribution in [3.63, 3.8) is 0 Å². The summed E-state index contributed by atoms with van der Waals surface area (Å²) < 4.78 is 1.34. The fourth-order valence-electron chi connectivity index (χ4n) is 3.43. The first kappa shape index (κ1) is 19.5. The molecule has 0 unspecified atom stereocenters. The van der Waals surface area contributed by atoms with Gasteiger partial charge in [0, 0.05) is 11.9 Å². The Balaban J connectivity index is 1.67. The zero-order valence-corrected chi connectivity index (χ0v) is 16.9. The number of aromatic nitrogens is 2. The number of carbonyl (C=O) groups is 1. The summed E-state index contributed by atoms with van der Waals surface area (Å²) in [6.07, 6.45) is 0.742. The average Bonchev–Trinajstić information content (AvgIpc) is 2.79. The first-order valence-corrected chi connectivity index (χ1v) is 9.92. The molecule has 4 rings (SSSR count). The number of hydrogen-bond acceptors (Lipinski definition) is 4. The van der Waals surface area contributed by atoms with E-state index in [1.54, 1.807) is 24.3 Å². The van der Waals surface area contributed by atoms with E-state index >= 15 is 0 Å². The molecule has 0 bridgehead atoms. The summed E-state index contributed by atoms with van der Waals surface area (Å²) in [7, 11) is 0. The van der Waals surface area contributed by atoms with Crippen LogP contribution >= 0.6 is 0 Å². The second-order valence-electron chi connectivity index (χ2n) is 7.12. The molecule has 0 radical (unpaired) electrons. The number of nitrogens with zero attached hydrogens (tertiary/aromatic N) is 3. The summed E-state index contributed by atoms with van der Waals surface area (Å²) in [5.74, 6) is -0.448. The predicted octanol–water partition coefficient (Wildman–Crippen LogP) is 4.11. The van der Waals surface area contributed by atoms with Crippen LogP contribution in [0.5, 0.6) is 0 Å². The number of nitrogens with one attached hydrogen (secondary N) is 1. The largest absolute Gasteiger partial charge is 0.292 e. The average molecular weight is 398 g/mol. The minimum atomic E-state index is -0.448. The Morgan fingerprint density at radius 2 is 1.70 bits per heavy atom. The Hall–Kier alpha value is -3.80. The van der Waals surface area contributed by atoms with Crippen LogP contribution in [0.4, 0.5) is 0 Å². The highest BCUT2D eigenvalue weighted by molar-refractivity contribution is 6.06. The molecule has 1 heterocycles. The molecule has 1 N–H and O–H groups in total. The van der Waals surface area contributed by atoms with Crippen LogP contribution in [0.2, 0.25) is 0 Å². The monoisotopic (exact) mass is 398 g/mol. The van der Waals surface area contributed by atoms with Crippen LogP contribution in [0.25, 0.3) is 21.5 Å². The van der Waals surface area contributed by atoms with Crippen molar-refractivity contribution >= 4 is 33.2 Å². The van der Waals surface area contributed by atoms with Gasteiger partial charge < -0.3 is 0 Å². The molecule has 6 heteroatoms. The van der Waals surface area contributed by atoms with Gasteiger partial charge in [0.2, 0.25) is 0 Å². The Kier molecular flexibility index (Phi) is 5.39. The fraction of sp³-hybridized carbons (Fsp3) is 0.167. The zero-order chi connectivity index (χ0) is 21.1. The smallest absolute Gasteiger partial charge is 0.267 e. The van der Waals surface area contributed by atoms with Gasteiger partial charge in [0.1, 0.15) is 0 Å². The Labute approximate surface area is 173 Å². The Morgan fingerprint density at radius 3 is 2.47 bits per heavy atom. The number of benzene rings is 3. The number of fused-ring (bicyclic) bond motifs is 2. The lowest BCUT2D eigenvalue weighted by molar-refractivity contribution is 0.0949. The third-order valence-electron chi connectivity index (χ3n) is 5.01. The molecule has 0 spiro atoms. The van der Waals surface area contributed by atoms with E-state index in [4.69, 9.17) is 0 Å². The maximum absolute atomic E-state index is 12.9. The highest BCUT2D eigenvalue weighted by Gasteiger charge is 2.16. The second kappa shape index (κ2) is 8.29. The molecule has 0 atom stereocenters. The summed E-state index contributed by atoms with van der Waals surface area (Å²) in [5, 5.41) is 11.8. The fourth-order valence-corrected chi connectivity index (χ4v) is 3.43. The van der Waals surface area contributed by atoms with E-state index < -0.39 is 5.91 Å². The van der Waals surface area contributed by atoms with E-state index in [-0.39, 0.29) is 11.3 Å². The summed E-state index contributed by atoms with van der Waals surface area (Å²) in [6, 6.07) is 21.1. The van der Waals surface area contributed by atoms with Gasteiger partial charge in [-0.05, 0) is 41.8 Å². The lowest BCUT2D eigenvalue weighted by Gasteiger charge is -2.10. The molecule has 0 fully saturated rings. The maximum atomic E-state index is 12.9. The minimum absolute atomic E-state index is 0.189. The lowest BCUT2D eigenvalue weighted by atomic mass is 10.0. The van der Waals surface area contributed by atoms with E-state index in [0.717, 1.165) is 22.8 Å². The van der Waals surface area contributed by atoms with Crippen LogP contribution in [0, 0.1) is 0 Å². The van der Waals surface area contributed by atoms with E-state index in [9.17, 15) is 9.59 Å². The van der Waals surface area contributed by atoms with E-state index in [1.807, 2.05) is 50.2 Å². The predicted molar refractivity (Wildman–Crippen MR) is 120 cm³/mol. The molecule has 6 nitrogen and oxygen atoms in total. The molecular weight excluding hydrogens is 376 g/mol. The van der Waals surface area contributed by atoms with Gasteiger partial charge in [0.15, 0.2) is 5.69 Å². The van der Waals surface area contributed by atoms with Gasteiger partial charge in [0.25, 0.3) is 11.5 Å². The number of carbonyl (C=O) groups excluding carboxylic acids is 1. The standard InChI is InChI=1S/C24H22N4O2/c1-3-14-28-24(30)21-11-7-6-10-20(21)22(27-28)23(29)26-25-16(2)18-13-12-17-8-4-5-9-19(17)15-18/h4-13,15H,3,14H2,1-2H3,(H,26,29)/b25-16-. The van der Waals surface area contributed by atoms with Gasteiger partial charge in [-0.3, -0.25) is 9.59 Å². The lowest BCUT2D eigenvalue weighted by Crippen LogP contribution is -2.29. The molecule has 0 saturated heterocycles. The van der Waals surface area contributed by atoms with Crippen LogP contribution < -0.4 is 11.0 Å². The van der Waals surface area contributed by atoms with Crippen LogP contribution in [0.1, 0.15) is 36.3 Å². The topological polar surface area (TPSA) is 76.3 Å². The van der Waals surface area contributed by atoms with Crippen molar-refractivity contribution in [1.82, 2.24) is 15.2 Å². The van der Waals surface area contributed by atoms with E-state index in [1.165, 1.54) is 4.68 Å². The van der Waals surface area contributed by atoms with Crippen LogP contribution in [-0.2, 0) is 6.54 Å². The number of hydrogen-bond donors (Lipinski definition) is 1. The molecule has 4 aromatic rings. The van der Waals surface area contributed by atoms with Crippen molar-refractivity contribution in [2.45, 2.75) is 26.8 Å². The summed E-state index contributed by atoms with van der Waals surface area (Å²) in [5.41, 5.74) is 4.19. The molecule has 30 heavy (non-hydrogen) atoms. The van der Waals surface area contributed by atoms with Crippen LogP contribution in [0.3, 0.4) is 0 Å². The van der Waals surface area contributed by atoms with Crippen molar-refractivity contribution < 1.29 is 4.79 Å². The quantitative estimate of drug-likeness (QED) is 0.406. The van der Waals surface area contributed by atoms with Crippen LogP contribution in [-0.4, -0.2) is 21.4 Å². The summed E-state index contributed by atoms with van der Waals surface area (Å²) >= 11 is 0. The van der Waals surface area contributed by atoms with Crippen molar-refractivity contribution in [3.05, 3.63) is 88.3 Å². The molecule has 1 aromatic heterocycles.